The molecule has 154 valence electrons. The van der Waals surface area contributed by atoms with Crippen molar-refractivity contribution < 1.29 is 28.6 Å². The van der Waals surface area contributed by atoms with E-state index in [4.69, 9.17) is 19.9 Å². The minimum atomic E-state index is -1.83. The summed E-state index contributed by atoms with van der Waals surface area (Å²) in [5.41, 5.74) is 4.61. The molecule has 1 aromatic rings. The Kier molecular flexibility index (Phi) is 5.13. The largest absolute Gasteiger partial charge is 0.460 e. The number of nitrogens with two attached hydrogens (primary N) is 1. The molecule has 2 heterocycles. The van der Waals surface area contributed by atoms with Gasteiger partial charge in [-0.1, -0.05) is 18.2 Å². The molecule has 1 atom stereocenters. The van der Waals surface area contributed by atoms with Crippen LogP contribution < -0.4 is 15.8 Å². The molecule has 1 spiro atoms. The summed E-state index contributed by atoms with van der Waals surface area (Å²) in [5.74, 6) is -2.19. The number of ether oxygens (including phenoxy) is 3. The third kappa shape index (κ3) is 3.14. The fraction of sp³-hybridized carbons (Fsp3) is 0.381. The number of para-hydroxylation sites is 1. The quantitative estimate of drug-likeness (QED) is 0.740. The van der Waals surface area contributed by atoms with Crippen molar-refractivity contribution in [2.45, 2.75) is 52.2 Å². The second-order valence-corrected chi connectivity index (χ2v) is 7.45. The van der Waals surface area contributed by atoms with E-state index in [1.165, 1.54) is 0 Å². The van der Waals surface area contributed by atoms with Gasteiger partial charge in [-0.15, -0.1) is 0 Å². The number of carbonyl (C=O) groups is 3. The third-order valence-electron chi connectivity index (χ3n) is 4.62. The monoisotopic (exact) mass is 400 g/mol. The lowest BCUT2D eigenvalue weighted by Crippen LogP contribution is -2.49. The van der Waals surface area contributed by atoms with Gasteiger partial charge in [-0.3, -0.25) is 4.79 Å². The highest BCUT2D eigenvalue weighted by molar-refractivity contribution is 6.17. The van der Waals surface area contributed by atoms with Gasteiger partial charge < -0.3 is 25.3 Å². The standard InChI is InChI=1S/C21H24N2O6/c1-10(2)27-18(24)15-12(5)23-20(26)21(15)13-8-6-7-9-14(13)29-17(22)16(21)19(25)28-11(3)4/h6-11H,22H2,1-5H3,(H,23,26)/t21-/m1/s1. The number of allylic oxidation sites excluding steroid dienone is 1. The summed E-state index contributed by atoms with van der Waals surface area (Å²) in [7, 11) is 0. The van der Waals surface area contributed by atoms with Crippen molar-refractivity contribution in [1.29, 1.82) is 0 Å². The maximum atomic E-state index is 13.4. The number of hydrogen-bond donors (Lipinski definition) is 2. The Hall–Kier alpha value is -3.29. The highest BCUT2D eigenvalue weighted by Gasteiger charge is 2.61. The van der Waals surface area contributed by atoms with Crippen LogP contribution in [-0.4, -0.2) is 30.1 Å². The highest BCUT2D eigenvalue weighted by Crippen LogP contribution is 2.51. The Morgan fingerprint density at radius 2 is 1.59 bits per heavy atom. The van der Waals surface area contributed by atoms with Crippen molar-refractivity contribution in [1.82, 2.24) is 5.32 Å². The molecule has 1 amide bonds. The summed E-state index contributed by atoms with van der Waals surface area (Å²) in [6.07, 6.45) is -0.907. The van der Waals surface area contributed by atoms with Crippen molar-refractivity contribution >= 4 is 17.8 Å². The van der Waals surface area contributed by atoms with Crippen LogP contribution in [0, 0.1) is 0 Å². The minimum absolute atomic E-state index is 0.00870. The second-order valence-electron chi connectivity index (χ2n) is 7.45. The Balaban J connectivity index is 2.34. The minimum Gasteiger partial charge on any atom is -0.460 e. The first kappa shape index (κ1) is 20.4. The van der Waals surface area contributed by atoms with Gasteiger partial charge in [0.05, 0.1) is 17.8 Å². The van der Waals surface area contributed by atoms with Crippen LogP contribution in [0.2, 0.25) is 0 Å². The predicted octanol–water partition coefficient (Wildman–Crippen LogP) is 1.79. The normalized spacial score (nSPS) is 20.7. The molecule has 0 unspecified atom stereocenters. The van der Waals surface area contributed by atoms with Gasteiger partial charge in [0.15, 0.2) is 0 Å². The molecule has 0 saturated heterocycles. The van der Waals surface area contributed by atoms with E-state index >= 15 is 0 Å². The molecule has 0 bridgehead atoms. The molecule has 0 fully saturated rings. The number of benzene rings is 1. The van der Waals surface area contributed by atoms with Crippen LogP contribution in [0.1, 0.15) is 40.2 Å². The van der Waals surface area contributed by atoms with Crippen molar-refractivity contribution in [3.8, 4) is 5.75 Å². The molecule has 0 aliphatic carbocycles. The Morgan fingerprint density at radius 1 is 1.03 bits per heavy atom. The summed E-state index contributed by atoms with van der Waals surface area (Å²) in [6, 6.07) is 6.61. The van der Waals surface area contributed by atoms with Crippen molar-refractivity contribution in [3.63, 3.8) is 0 Å². The third-order valence-corrected chi connectivity index (χ3v) is 4.62. The molecule has 8 nitrogen and oxygen atoms in total. The summed E-state index contributed by atoms with van der Waals surface area (Å²) in [5, 5.41) is 2.67. The molecule has 0 aromatic heterocycles. The summed E-state index contributed by atoms with van der Waals surface area (Å²) in [6.45, 7) is 8.30. The van der Waals surface area contributed by atoms with E-state index in [0.717, 1.165) is 0 Å². The molecule has 0 saturated carbocycles. The van der Waals surface area contributed by atoms with Gasteiger partial charge in [-0.25, -0.2) is 9.59 Å². The fourth-order valence-electron chi connectivity index (χ4n) is 3.68. The number of esters is 2. The SMILES string of the molecule is CC1=C(C(=O)OC(C)C)[C@@]2(C(=O)N1)C(C(=O)OC(C)C)=C(N)Oc1ccccc12. The van der Waals surface area contributed by atoms with Crippen LogP contribution in [0.25, 0.3) is 0 Å². The first-order valence-corrected chi connectivity index (χ1v) is 9.33. The number of rotatable bonds is 4. The number of carbonyl (C=O) groups excluding carboxylic acids is 3. The molecule has 1 aromatic carbocycles. The zero-order valence-corrected chi connectivity index (χ0v) is 17.0. The lowest BCUT2D eigenvalue weighted by molar-refractivity contribution is -0.146. The van der Waals surface area contributed by atoms with Crippen molar-refractivity contribution in [2.24, 2.45) is 5.73 Å². The Labute approximate surface area is 168 Å². The van der Waals surface area contributed by atoms with E-state index in [-0.39, 0.29) is 28.5 Å². The van der Waals surface area contributed by atoms with Crippen molar-refractivity contribution in [3.05, 3.63) is 52.6 Å². The van der Waals surface area contributed by atoms with E-state index < -0.39 is 35.5 Å². The van der Waals surface area contributed by atoms with Gasteiger partial charge >= 0.3 is 11.9 Å². The molecule has 2 aliphatic rings. The Morgan fingerprint density at radius 3 is 2.17 bits per heavy atom. The van der Waals surface area contributed by atoms with Crippen LogP contribution in [-0.2, 0) is 29.3 Å². The molecule has 0 radical (unpaired) electrons. The number of nitrogens with one attached hydrogen (secondary N) is 1. The molecule has 8 heteroatoms. The van der Waals surface area contributed by atoms with Crippen LogP contribution in [0.15, 0.2) is 47.0 Å². The average molecular weight is 400 g/mol. The molecule has 29 heavy (non-hydrogen) atoms. The van der Waals surface area contributed by atoms with E-state index in [9.17, 15) is 14.4 Å². The Bertz CT molecular complexity index is 960. The molecule has 3 rings (SSSR count). The molecular weight excluding hydrogens is 376 g/mol. The number of hydrogen-bond acceptors (Lipinski definition) is 7. The summed E-state index contributed by atoms with van der Waals surface area (Å²) in [4.78, 5) is 39.5. The smallest absolute Gasteiger partial charge is 0.341 e. The zero-order valence-electron chi connectivity index (χ0n) is 17.0. The fourth-order valence-corrected chi connectivity index (χ4v) is 3.68. The molecule has 2 aliphatic heterocycles. The second kappa shape index (κ2) is 7.27. The predicted molar refractivity (Wildman–Crippen MR) is 103 cm³/mol. The van der Waals surface area contributed by atoms with Gasteiger partial charge in [0, 0.05) is 11.3 Å². The lowest BCUT2D eigenvalue weighted by Gasteiger charge is -2.36. The molecular formula is C21H24N2O6. The maximum Gasteiger partial charge on any atom is 0.341 e. The highest BCUT2D eigenvalue weighted by atomic mass is 16.6. The van der Waals surface area contributed by atoms with Crippen molar-refractivity contribution in [2.75, 3.05) is 0 Å². The van der Waals surface area contributed by atoms with E-state index in [1.54, 1.807) is 58.9 Å². The van der Waals surface area contributed by atoms with Gasteiger partial charge in [0.1, 0.15) is 16.7 Å². The zero-order chi connectivity index (χ0) is 21.5. The van der Waals surface area contributed by atoms with E-state index in [2.05, 4.69) is 5.32 Å². The maximum absolute atomic E-state index is 13.4. The van der Waals surface area contributed by atoms with E-state index in [0.29, 0.717) is 5.56 Å². The van der Waals surface area contributed by atoms with E-state index in [1.807, 2.05) is 0 Å². The number of fused-ring (bicyclic) bond motifs is 2. The van der Waals surface area contributed by atoms with Gasteiger partial charge in [-0.2, -0.15) is 0 Å². The summed E-state index contributed by atoms with van der Waals surface area (Å²) >= 11 is 0. The van der Waals surface area contributed by atoms with Crippen LogP contribution in [0.5, 0.6) is 5.75 Å². The van der Waals surface area contributed by atoms with Crippen LogP contribution in [0.4, 0.5) is 0 Å². The lowest BCUT2D eigenvalue weighted by atomic mass is 9.67. The average Bonchev–Trinajstić information content (AvgIpc) is 2.84. The van der Waals surface area contributed by atoms with Crippen LogP contribution >= 0.6 is 0 Å². The van der Waals surface area contributed by atoms with Gasteiger partial charge in [-0.05, 0) is 40.7 Å². The molecule has 3 N–H and O–H groups in total. The number of amides is 1. The van der Waals surface area contributed by atoms with Gasteiger partial charge in [0.25, 0.3) is 0 Å². The summed E-state index contributed by atoms with van der Waals surface area (Å²) < 4.78 is 16.4. The topological polar surface area (TPSA) is 117 Å². The van der Waals surface area contributed by atoms with Crippen LogP contribution in [0.3, 0.4) is 0 Å². The van der Waals surface area contributed by atoms with Gasteiger partial charge in [0.2, 0.25) is 11.8 Å². The first-order chi connectivity index (χ1) is 13.6. The first-order valence-electron chi connectivity index (χ1n) is 9.33.